The Morgan fingerprint density at radius 3 is 1.88 bits per heavy atom. The highest BCUT2D eigenvalue weighted by molar-refractivity contribution is 5.45. The van der Waals surface area contributed by atoms with Gasteiger partial charge in [-0.3, -0.25) is 0 Å². The minimum absolute atomic E-state index is 0.392. The third-order valence-corrected chi connectivity index (χ3v) is 5.20. The molecule has 0 aliphatic carbocycles. The van der Waals surface area contributed by atoms with Gasteiger partial charge < -0.3 is 31.1 Å². The predicted molar refractivity (Wildman–Crippen MR) is 99.3 cm³/mol. The number of rotatable bonds is 5. The fraction of sp³-hybridized carbons (Fsp3) is 0.812. The van der Waals surface area contributed by atoms with Crippen LogP contribution in [0.3, 0.4) is 0 Å². The van der Waals surface area contributed by atoms with Crippen molar-refractivity contribution in [3.05, 3.63) is 0 Å². The van der Waals surface area contributed by atoms with Crippen molar-refractivity contribution in [1.29, 1.82) is 0 Å². The van der Waals surface area contributed by atoms with Crippen LogP contribution in [0.15, 0.2) is 0 Å². The van der Waals surface area contributed by atoms with Crippen molar-refractivity contribution in [2.24, 2.45) is 0 Å². The number of nitrogens with one attached hydrogen (secondary N) is 4. The molecule has 9 heteroatoms. The Kier molecular flexibility index (Phi) is 5.14. The van der Waals surface area contributed by atoms with Crippen LogP contribution in [0.25, 0.3) is 0 Å². The first-order valence-electron chi connectivity index (χ1n) is 9.40. The number of likely N-dealkylation sites (N-methyl/N-ethyl adjacent to an activating group) is 1. The normalized spacial score (nSPS) is 27.6. The van der Waals surface area contributed by atoms with Gasteiger partial charge in [0.25, 0.3) is 0 Å². The average Bonchev–Trinajstić information content (AvgIpc) is 3.29. The van der Waals surface area contributed by atoms with E-state index in [1.54, 1.807) is 0 Å². The second-order valence-electron chi connectivity index (χ2n) is 7.24. The predicted octanol–water partition coefficient (Wildman–Crippen LogP) is -0.829. The van der Waals surface area contributed by atoms with Crippen molar-refractivity contribution in [2.75, 3.05) is 74.9 Å². The Labute approximate surface area is 149 Å². The average molecular weight is 347 g/mol. The van der Waals surface area contributed by atoms with Crippen molar-refractivity contribution in [3.8, 4) is 0 Å². The molecular formula is C16H29N9. The van der Waals surface area contributed by atoms with Crippen LogP contribution in [-0.2, 0) is 0 Å². The lowest BCUT2D eigenvalue weighted by Crippen LogP contribution is -2.45. The zero-order valence-corrected chi connectivity index (χ0v) is 15.0. The van der Waals surface area contributed by atoms with Gasteiger partial charge in [0.05, 0.1) is 0 Å². The fourth-order valence-corrected chi connectivity index (χ4v) is 3.56. The Bertz CT molecular complexity index is 524. The molecule has 1 unspecified atom stereocenters. The van der Waals surface area contributed by atoms with Gasteiger partial charge in [-0.25, -0.2) is 0 Å². The van der Waals surface area contributed by atoms with Gasteiger partial charge in [0.15, 0.2) is 0 Å². The summed E-state index contributed by atoms with van der Waals surface area (Å²) in [5.74, 6) is 2.15. The van der Waals surface area contributed by atoms with Gasteiger partial charge in [0.2, 0.25) is 17.8 Å². The topological polar surface area (TPSA) is 93.3 Å². The first-order valence-corrected chi connectivity index (χ1v) is 9.40. The second kappa shape index (κ2) is 7.67. The minimum Gasteiger partial charge on any atom is -0.350 e. The van der Waals surface area contributed by atoms with Gasteiger partial charge in [0, 0.05) is 51.4 Å². The summed E-state index contributed by atoms with van der Waals surface area (Å²) in [6.07, 6.45) is 2.20. The summed E-state index contributed by atoms with van der Waals surface area (Å²) in [5.41, 5.74) is 0. The lowest BCUT2D eigenvalue weighted by atomic mass is 10.3. The van der Waals surface area contributed by atoms with Crippen LogP contribution in [-0.4, -0.2) is 91.3 Å². The van der Waals surface area contributed by atoms with E-state index >= 15 is 0 Å². The number of hydrogen-bond donors (Lipinski definition) is 4. The van der Waals surface area contributed by atoms with Crippen LogP contribution in [0.4, 0.5) is 17.8 Å². The minimum atomic E-state index is 0.392. The highest BCUT2D eigenvalue weighted by Crippen LogP contribution is 2.18. The van der Waals surface area contributed by atoms with E-state index in [-0.39, 0.29) is 0 Å². The molecule has 9 nitrogen and oxygen atoms in total. The standard InChI is InChI=1S/C16H29N9/c1-24-6-8-25(9-7-24)16-22-14(19-12-2-4-17-10-12)21-15(23-16)20-13-3-5-18-11-13/h12-13,17-18H,2-11H2,1H3,(H2,19,20,21,22,23)/t12-,13?/m1/s1. The molecule has 4 N–H and O–H groups in total. The van der Waals surface area contributed by atoms with Crippen molar-refractivity contribution < 1.29 is 0 Å². The molecule has 2 atom stereocenters. The van der Waals surface area contributed by atoms with Crippen LogP contribution in [0.5, 0.6) is 0 Å². The molecule has 3 aliphatic rings. The van der Waals surface area contributed by atoms with Crippen LogP contribution in [0, 0.1) is 0 Å². The Morgan fingerprint density at radius 1 is 0.840 bits per heavy atom. The van der Waals surface area contributed by atoms with E-state index in [0.717, 1.165) is 71.1 Å². The van der Waals surface area contributed by atoms with E-state index in [2.05, 4.69) is 43.1 Å². The largest absolute Gasteiger partial charge is 0.350 e. The van der Waals surface area contributed by atoms with Crippen LogP contribution in [0.2, 0.25) is 0 Å². The molecule has 3 aliphatic heterocycles. The van der Waals surface area contributed by atoms with Crippen molar-refractivity contribution >= 4 is 17.8 Å². The van der Waals surface area contributed by atoms with Crippen molar-refractivity contribution in [3.63, 3.8) is 0 Å². The summed E-state index contributed by atoms with van der Waals surface area (Å²) in [5, 5.41) is 13.7. The number of hydrogen-bond acceptors (Lipinski definition) is 9. The smallest absolute Gasteiger partial charge is 0.232 e. The lowest BCUT2D eigenvalue weighted by Gasteiger charge is -2.32. The summed E-state index contributed by atoms with van der Waals surface area (Å²) in [7, 11) is 2.16. The molecule has 1 aromatic rings. The maximum atomic E-state index is 4.71. The van der Waals surface area contributed by atoms with Gasteiger partial charge in [-0.15, -0.1) is 0 Å². The van der Waals surface area contributed by atoms with Crippen molar-refractivity contribution in [2.45, 2.75) is 24.9 Å². The van der Waals surface area contributed by atoms with Gasteiger partial charge in [0.1, 0.15) is 0 Å². The molecule has 138 valence electrons. The molecule has 4 rings (SSSR count). The molecular weight excluding hydrogens is 318 g/mol. The van der Waals surface area contributed by atoms with Gasteiger partial charge in [-0.1, -0.05) is 0 Å². The number of aromatic nitrogens is 3. The van der Waals surface area contributed by atoms with E-state index in [0.29, 0.717) is 24.0 Å². The molecule has 0 aromatic carbocycles. The maximum absolute atomic E-state index is 4.71. The van der Waals surface area contributed by atoms with Crippen molar-refractivity contribution in [1.82, 2.24) is 30.5 Å². The highest BCUT2D eigenvalue weighted by Gasteiger charge is 2.22. The summed E-state index contributed by atoms with van der Waals surface area (Å²) >= 11 is 0. The Morgan fingerprint density at radius 2 is 1.40 bits per heavy atom. The van der Waals surface area contributed by atoms with E-state index < -0.39 is 0 Å². The second-order valence-corrected chi connectivity index (χ2v) is 7.24. The molecule has 0 radical (unpaired) electrons. The summed E-state index contributed by atoms with van der Waals surface area (Å²) in [4.78, 5) is 18.7. The third-order valence-electron chi connectivity index (χ3n) is 5.20. The molecule has 0 spiro atoms. The number of piperazine rings is 1. The number of anilines is 3. The van der Waals surface area contributed by atoms with E-state index in [4.69, 9.17) is 9.97 Å². The molecule has 25 heavy (non-hydrogen) atoms. The van der Waals surface area contributed by atoms with Gasteiger partial charge in [-0.2, -0.15) is 15.0 Å². The molecule has 4 heterocycles. The summed E-state index contributed by atoms with van der Waals surface area (Å²) < 4.78 is 0. The molecule has 1 aromatic heterocycles. The number of nitrogens with zero attached hydrogens (tertiary/aromatic N) is 5. The van der Waals surface area contributed by atoms with Gasteiger partial charge >= 0.3 is 0 Å². The van der Waals surface area contributed by atoms with Crippen LogP contribution in [0.1, 0.15) is 12.8 Å². The van der Waals surface area contributed by atoms with Crippen LogP contribution >= 0.6 is 0 Å². The first-order chi connectivity index (χ1) is 12.3. The fourth-order valence-electron chi connectivity index (χ4n) is 3.56. The van der Waals surface area contributed by atoms with E-state index in [1.807, 2.05) is 0 Å². The molecule has 3 saturated heterocycles. The highest BCUT2D eigenvalue weighted by atomic mass is 15.4. The first kappa shape index (κ1) is 16.7. The summed E-state index contributed by atoms with van der Waals surface area (Å²) in [6, 6.07) is 0.785. The molecule has 0 bridgehead atoms. The Balaban J connectivity index is 1.52. The van der Waals surface area contributed by atoms with Gasteiger partial charge in [-0.05, 0) is 33.0 Å². The Hall–Kier alpha value is -1.71. The SMILES string of the molecule is CN1CCN(c2nc(NC3CCNC3)nc(N[C@@H]3CCNC3)n2)CC1. The quantitative estimate of drug-likeness (QED) is 0.545. The van der Waals surface area contributed by atoms with E-state index in [1.165, 1.54) is 0 Å². The maximum Gasteiger partial charge on any atom is 0.232 e. The molecule has 3 fully saturated rings. The third kappa shape index (κ3) is 4.28. The monoisotopic (exact) mass is 347 g/mol. The van der Waals surface area contributed by atoms with E-state index in [9.17, 15) is 0 Å². The lowest BCUT2D eigenvalue weighted by molar-refractivity contribution is 0.311. The van der Waals surface area contributed by atoms with Crippen LogP contribution < -0.4 is 26.2 Å². The zero-order chi connectivity index (χ0) is 17.1. The zero-order valence-electron chi connectivity index (χ0n) is 15.0. The molecule has 0 amide bonds. The molecule has 0 saturated carbocycles. The summed E-state index contributed by atoms with van der Waals surface area (Å²) in [6.45, 7) is 8.01.